The van der Waals surface area contributed by atoms with Gasteiger partial charge in [0.25, 0.3) is 0 Å². The van der Waals surface area contributed by atoms with Crippen LogP contribution >= 0.6 is 23.2 Å². The zero-order valence-electron chi connectivity index (χ0n) is 15.9. The highest BCUT2D eigenvalue weighted by atomic mass is 35.5. The maximum atomic E-state index is 13.0. The highest BCUT2D eigenvalue weighted by Crippen LogP contribution is 2.30. The fourth-order valence-corrected chi connectivity index (χ4v) is 3.23. The largest absolute Gasteiger partial charge is 0.370 e. The van der Waals surface area contributed by atoms with Crippen molar-refractivity contribution in [1.82, 2.24) is 9.97 Å². The van der Waals surface area contributed by atoms with Gasteiger partial charge in [-0.15, -0.1) is 0 Å². The summed E-state index contributed by atoms with van der Waals surface area (Å²) >= 11 is 12.1. The second kappa shape index (κ2) is 9.35. The fraction of sp³-hybridized carbons (Fsp3) is 0.0833. The number of aromatic nitrogens is 2. The molecular formula is C24H17Cl2FN2O. The Hall–Kier alpha value is -2.79. The molecule has 30 heavy (non-hydrogen) atoms. The summed E-state index contributed by atoms with van der Waals surface area (Å²) in [7, 11) is 0. The van der Waals surface area contributed by atoms with Crippen molar-refractivity contribution in [2.45, 2.75) is 13.2 Å². The quantitative estimate of drug-likeness (QED) is 0.325. The lowest BCUT2D eigenvalue weighted by Crippen LogP contribution is -2.01. The first kappa shape index (κ1) is 20.5. The molecule has 1 heterocycles. The second-order valence-electron chi connectivity index (χ2n) is 6.69. The molecule has 0 aliphatic carbocycles. The molecule has 0 aliphatic rings. The number of ether oxygens (including phenoxy) is 1. The van der Waals surface area contributed by atoms with E-state index in [0.29, 0.717) is 22.3 Å². The molecule has 6 heteroatoms. The van der Waals surface area contributed by atoms with Crippen molar-refractivity contribution in [2.75, 3.05) is 0 Å². The van der Waals surface area contributed by atoms with Crippen LogP contribution in [0, 0.1) is 5.82 Å². The van der Waals surface area contributed by atoms with Crippen LogP contribution in [-0.2, 0) is 18.0 Å². The van der Waals surface area contributed by atoms with Crippen LogP contribution in [-0.4, -0.2) is 9.97 Å². The van der Waals surface area contributed by atoms with Crippen molar-refractivity contribution in [3.05, 3.63) is 106 Å². The fourth-order valence-electron chi connectivity index (χ4n) is 2.98. The van der Waals surface area contributed by atoms with Crippen molar-refractivity contribution < 1.29 is 9.13 Å². The lowest BCUT2D eigenvalue weighted by Gasteiger charge is -2.11. The van der Waals surface area contributed by atoms with Crippen molar-refractivity contribution in [1.29, 1.82) is 0 Å². The van der Waals surface area contributed by atoms with E-state index in [9.17, 15) is 4.39 Å². The molecule has 4 aromatic rings. The molecule has 0 unspecified atom stereocenters. The van der Waals surface area contributed by atoms with Gasteiger partial charge in [-0.25, -0.2) is 9.37 Å². The highest BCUT2D eigenvalue weighted by molar-refractivity contribution is 6.31. The van der Waals surface area contributed by atoms with Gasteiger partial charge in [0.1, 0.15) is 5.82 Å². The Kier molecular flexibility index (Phi) is 6.38. The van der Waals surface area contributed by atoms with Gasteiger partial charge in [-0.3, -0.25) is 4.98 Å². The molecule has 4 rings (SSSR count). The van der Waals surface area contributed by atoms with Gasteiger partial charge in [-0.1, -0.05) is 59.6 Å². The minimum atomic E-state index is -0.269. The van der Waals surface area contributed by atoms with Crippen LogP contribution in [0.4, 0.5) is 4.39 Å². The molecule has 0 amide bonds. The van der Waals surface area contributed by atoms with E-state index in [4.69, 9.17) is 32.9 Å². The maximum absolute atomic E-state index is 13.0. The first-order chi connectivity index (χ1) is 14.6. The SMILES string of the molecule is Fc1ccc(COCc2cnc(-c3ccc(Cl)cc3)c(-c3ccc(Cl)cc3)n2)cc1. The number of hydrogen-bond donors (Lipinski definition) is 0. The van der Waals surface area contributed by atoms with Crippen LogP contribution in [0.5, 0.6) is 0 Å². The van der Waals surface area contributed by atoms with Crippen molar-refractivity contribution >= 4 is 23.2 Å². The molecule has 0 N–H and O–H groups in total. The smallest absolute Gasteiger partial charge is 0.123 e. The lowest BCUT2D eigenvalue weighted by atomic mass is 10.0. The molecule has 0 atom stereocenters. The van der Waals surface area contributed by atoms with Gasteiger partial charge in [0.15, 0.2) is 0 Å². The van der Waals surface area contributed by atoms with Gasteiger partial charge in [0.2, 0.25) is 0 Å². The summed E-state index contributed by atoms with van der Waals surface area (Å²) in [5, 5.41) is 1.31. The van der Waals surface area contributed by atoms with Gasteiger partial charge >= 0.3 is 0 Å². The van der Waals surface area contributed by atoms with Crippen LogP contribution in [0.15, 0.2) is 79.0 Å². The minimum absolute atomic E-state index is 0.269. The number of rotatable bonds is 6. The molecule has 150 valence electrons. The summed E-state index contributed by atoms with van der Waals surface area (Å²) < 4.78 is 18.8. The molecular weight excluding hydrogens is 422 g/mol. The summed E-state index contributed by atoms with van der Waals surface area (Å²) in [6.45, 7) is 0.642. The van der Waals surface area contributed by atoms with Crippen LogP contribution in [0.1, 0.15) is 11.3 Å². The molecule has 0 fully saturated rings. The molecule has 0 saturated heterocycles. The Morgan fingerprint density at radius 2 is 1.27 bits per heavy atom. The normalized spacial score (nSPS) is 10.9. The Bertz CT molecular complexity index is 1130. The van der Waals surface area contributed by atoms with Gasteiger partial charge in [-0.2, -0.15) is 0 Å². The molecule has 0 radical (unpaired) electrons. The topological polar surface area (TPSA) is 35.0 Å². The first-order valence-electron chi connectivity index (χ1n) is 9.28. The minimum Gasteiger partial charge on any atom is -0.370 e. The zero-order chi connectivity index (χ0) is 20.9. The van der Waals surface area contributed by atoms with Gasteiger partial charge < -0.3 is 4.74 Å². The Morgan fingerprint density at radius 1 is 0.700 bits per heavy atom. The van der Waals surface area contributed by atoms with E-state index in [1.165, 1.54) is 12.1 Å². The Balaban J connectivity index is 1.61. The predicted molar refractivity (Wildman–Crippen MR) is 118 cm³/mol. The molecule has 0 bridgehead atoms. The average Bonchev–Trinajstić information content (AvgIpc) is 2.76. The predicted octanol–water partition coefficient (Wildman–Crippen LogP) is 6.97. The summed E-state index contributed by atoms with van der Waals surface area (Å²) in [5.74, 6) is -0.269. The van der Waals surface area contributed by atoms with Gasteiger partial charge in [0.05, 0.1) is 36.5 Å². The second-order valence-corrected chi connectivity index (χ2v) is 7.56. The van der Waals surface area contributed by atoms with E-state index >= 15 is 0 Å². The highest BCUT2D eigenvalue weighted by Gasteiger charge is 2.13. The van der Waals surface area contributed by atoms with E-state index in [0.717, 1.165) is 28.1 Å². The monoisotopic (exact) mass is 438 g/mol. The van der Waals surface area contributed by atoms with Gasteiger partial charge in [-0.05, 0) is 42.0 Å². The van der Waals surface area contributed by atoms with Crippen molar-refractivity contribution in [2.24, 2.45) is 0 Å². The third kappa shape index (κ3) is 5.03. The van der Waals surface area contributed by atoms with E-state index in [-0.39, 0.29) is 12.4 Å². The third-order valence-electron chi connectivity index (χ3n) is 4.49. The van der Waals surface area contributed by atoms with Crippen molar-refractivity contribution in [3.8, 4) is 22.5 Å². The standard InChI is InChI=1S/C24H17Cl2FN2O/c25-19-7-3-17(4-8-19)23-24(18-5-9-20(26)10-6-18)29-22(13-28-23)15-30-14-16-1-11-21(27)12-2-16/h1-13H,14-15H2. The van der Waals surface area contributed by atoms with Crippen LogP contribution in [0.2, 0.25) is 10.0 Å². The first-order valence-corrected chi connectivity index (χ1v) is 10.0. The van der Waals surface area contributed by atoms with Gasteiger partial charge in [0, 0.05) is 21.2 Å². The molecule has 3 aromatic carbocycles. The van der Waals surface area contributed by atoms with Crippen LogP contribution in [0.25, 0.3) is 22.5 Å². The third-order valence-corrected chi connectivity index (χ3v) is 4.99. The molecule has 0 saturated carbocycles. The summed E-state index contributed by atoms with van der Waals surface area (Å²) in [4.78, 5) is 9.44. The van der Waals surface area contributed by atoms with E-state index < -0.39 is 0 Å². The maximum Gasteiger partial charge on any atom is 0.123 e. The van der Waals surface area contributed by atoms with Crippen molar-refractivity contribution in [3.63, 3.8) is 0 Å². The van der Waals surface area contributed by atoms with E-state index in [1.54, 1.807) is 18.3 Å². The van der Waals surface area contributed by atoms with Crippen LogP contribution in [0.3, 0.4) is 0 Å². The van der Waals surface area contributed by atoms with E-state index in [1.807, 2.05) is 48.5 Å². The molecule has 0 spiro atoms. The molecule has 0 aliphatic heterocycles. The number of halogens is 3. The summed E-state index contributed by atoms with van der Waals surface area (Å²) in [6.07, 6.45) is 1.70. The number of hydrogen-bond acceptors (Lipinski definition) is 3. The van der Waals surface area contributed by atoms with Crippen LogP contribution < -0.4 is 0 Å². The summed E-state index contributed by atoms with van der Waals surface area (Å²) in [6, 6.07) is 21.2. The number of benzene rings is 3. The lowest BCUT2D eigenvalue weighted by molar-refractivity contribution is 0.104. The molecule has 3 nitrogen and oxygen atoms in total. The van der Waals surface area contributed by atoms with E-state index in [2.05, 4.69) is 4.98 Å². The molecule has 1 aromatic heterocycles. The number of nitrogens with zero attached hydrogens (tertiary/aromatic N) is 2. The Labute approximate surface area is 184 Å². The average molecular weight is 439 g/mol. The zero-order valence-corrected chi connectivity index (χ0v) is 17.4. The Morgan fingerprint density at radius 3 is 1.87 bits per heavy atom. The summed E-state index contributed by atoms with van der Waals surface area (Å²) in [5.41, 5.74) is 4.88.